The lowest BCUT2D eigenvalue weighted by Gasteiger charge is -2.33. The number of rotatable bonds is 3. The number of benzene rings is 1. The molecule has 100 valence electrons. The molecule has 1 aliphatic carbocycles. The molecule has 1 aliphatic rings. The largest absolute Gasteiger partial charge is 0.393 e. The summed E-state index contributed by atoms with van der Waals surface area (Å²) >= 11 is 0. The van der Waals surface area contributed by atoms with E-state index < -0.39 is 5.82 Å². The van der Waals surface area contributed by atoms with E-state index >= 15 is 0 Å². The molecule has 0 aromatic heterocycles. The van der Waals surface area contributed by atoms with Gasteiger partial charge in [-0.3, -0.25) is 0 Å². The Balaban J connectivity index is 2.09. The van der Waals surface area contributed by atoms with E-state index in [1.165, 1.54) is 6.07 Å². The van der Waals surface area contributed by atoms with Gasteiger partial charge in [0.2, 0.25) is 0 Å². The van der Waals surface area contributed by atoms with Crippen LogP contribution in [0, 0.1) is 23.5 Å². The third-order valence-corrected chi connectivity index (χ3v) is 4.12. The lowest BCUT2D eigenvalue weighted by molar-refractivity contribution is 0.0471. The predicted octanol–water partition coefficient (Wildman–Crippen LogP) is 3.69. The van der Waals surface area contributed by atoms with E-state index in [4.69, 9.17) is 0 Å². The van der Waals surface area contributed by atoms with Gasteiger partial charge in [-0.05, 0) is 61.3 Å². The van der Waals surface area contributed by atoms with Crippen LogP contribution in [0.3, 0.4) is 0 Å². The highest BCUT2D eigenvalue weighted by Crippen LogP contribution is 2.33. The quantitative estimate of drug-likeness (QED) is 0.872. The normalized spacial score (nSPS) is 28.3. The van der Waals surface area contributed by atoms with Crippen LogP contribution >= 0.6 is 0 Å². The summed E-state index contributed by atoms with van der Waals surface area (Å²) in [6, 6.07) is 3.54. The molecular weight excluding hydrogens is 234 g/mol. The minimum atomic E-state index is -0.413. The summed E-state index contributed by atoms with van der Waals surface area (Å²) in [5, 5.41) is 9.99. The fraction of sp³-hybridized carbons (Fsp3) is 0.600. The maximum Gasteiger partial charge on any atom is 0.126 e. The summed E-state index contributed by atoms with van der Waals surface area (Å²) in [6.07, 6.45) is 3.87. The van der Waals surface area contributed by atoms with E-state index in [9.17, 15) is 13.9 Å². The third kappa shape index (κ3) is 3.08. The molecule has 0 aliphatic heterocycles. The summed E-state index contributed by atoms with van der Waals surface area (Å²) in [5.74, 6) is -0.124. The number of halogens is 2. The smallest absolute Gasteiger partial charge is 0.126 e. The third-order valence-electron chi connectivity index (χ3n) is 4.12. The van der Waals surface area contributed by atoms with Gasteiger partial charge in [-0.15, -0.1) is 0 Å². The second-order valence-corrected chi connectivity index (χ2v) is 5.35. The number of hydrogen-bond acceptors (Lipinski definition) is 1. The molecule has 3 atom stereocenters. The van der Waals surface area contributed by atoms with Crippen molar-refractivity contribution in [3.05, 3.63) is 35.4 Å². The summed E-state index contributed by atoms with van der Waals surface area (Å²) in [5.41, 5.74) is 0.385. The van der Waals surface area contributed by atoms with E-state index in [0.717, 1.165) is 37.8 Å². The van der Waals surface area contributed by atoms with Crippen molar-refractivity contribution in [2.24, 2.45) is 11.8 Å². The van der Waals surface area contributed by atoms with Crippen LogP contribution in [0.4, 0.5) is 8.78 Å². The highest BCUT2D eigenvalue weighted by atomic mass is 19.1. The monoisotopic (exact) mass is 254 g/mol. The van der Waals surface area contributed by atoms with E-state index in [-0.39, 0.29) is 17.8 Å². The van der Waals surface area contributed by atoms with E-state index in [2.05, 4.69) is 6.92 Å². The molecule has 1 saturated carbocycles. The number of aliphatic hydroxyl groups is 1. The van der Waals surface area contributed by atoms with Crippen LogP contribution in [0.15, 0.2) is 18.2 Å². The molecule has 0 heterocycles. The van der Waals surface area contributed by atoms with Crippen LogP contribution in [0.1, 0.15) is 38.2 Å². The van der Waals surface area contributed by atoms with Crippen LogP contribution < -0.4 is 0 Å². The van der Waals surface area contributed by atoms with Gasteiger partial charge in [0.1, 0.15) is 11.6 Å². The van der Waals surface area contributed by atoms with Gasteiger partial charge in [0, 0.05) is 0 Å². The zero-order chi connectivity index (χ0) is 13.1. The van der Waals surface area contributed by atoms with Gasteiger partial charge >= 0.3 is 0 Å². The first-order valence-electron chi connectivity index (χ1n) is 6.72. The van der Waals surface area contributed by atoms with E-state index in [1.54, 1.807) is 0 Å². The van der Waals surface area contributed by atoms with Crippen molar-refractivity contribution in [1.29, 1.82) is 0 Å². The Kier molecular flexibility index (Phi) is 4.33. The molecule has 0 bridgehead atoms. The Morgan fingerprint density at radius 1 is 1.28 bits per heavy atom. The Labute approximate surface area is 107 Å². The number of hydrogen-bond donors (Lipinski definition) is 1. The molecular formula is C15H20F2O. The molecule has 0 saturated heterocycles. The molecule has 0 spiro atoms. The number of aliphatic hydroxyl groups excluding tert-OH is 1. The summed E-state index contributed by atoms with van der Waals surface area (Å²) in [7, 11) is 0. The van der Waals surface area contributed by atoms with Crippen LogP contribution in [0.2, 0.25) is 0 Å². The van der Waals surface area contributed by atoms with Crippen molar-refractivity contribution >= 4 is 0 Å². The standard InChI is InChI=1S/C15H20F2O/c1-2-10-3-6-15(18)12(7-10)8-11-9-13(16)4-5-14(11)17/h4-5,9-10,12,15,18H,2-3,6-8H2,1H3. The summed E-state index contributed by atoms with van der Waals surface area (Å²) in [6.45, 7) is 2.14. The summed E-state index contributed by atoms with van der Waals surface area (Å²) < 4.78 is 26.7. The van der Waals surface area contributed by atoms with Crippen LogP contribution in [0.25, 0.3) is 0 Å². The van der Waals surface area contributed by atoms with Gasteiger partial charge in [0.05, 0.1) is 6.10 Å². The first-order valence-corrected chi connectivity index (χ1v) is 6.72. The summed E-state index contributed by atoms with van der Waals surface area (Å²) in [4.78, 5) is 0. The Hall–Kier alpha value is -0.960. The van der Waals surface area contributed by atoms with Gasteiger partial charge in [-0.2, -0.15) is 0 Å². The second-order valence-electron chi connectivity index (χ2n) is 5.35. The minimum Gasteiger partial charge on any atom is -0.393 e. The fourth-order valence-electron chi connectivity index (χ4n) is 2.92. The van der Waals surface area contributed by atoms with Crippen molar-refractivity contribution in [3.8, 4) is 0 Å². The molecule has 1 N–H and O–H groups in total. The SMILES string of the molecule is CCC1CCC(O)C(Cc2cc(F)ccc2F)C1. The second kappa shape index (κ2) is 5.79. The Bertz CT molecular complexity index is 405. The average Bonchev–Trinajstić information content (AvgIpc) is 2.36. The lowest BCUT2D eigenvalue weighted by Crippen LogP contribution is -2.30. The molecule has 1 aromatic carbocycles. The van der Waals surface area contributed by atoms with Crippen molar-refractivity contribution < 1.29 is 13.9 Å². The van der Waals surface area contributed by atoms with Gasteiger partial charge in [-0.25, -0.2) is 8.78 Å². The van der Waals surface area contributed by atoms with Crippen molar-refractivity contribution in [2.45, 2.75) is 45.1 Å². The van der Waals surface area contributed by atoms with Crippen molar-refractivity contribution in [2.75, 3.05) is 0 Å². The highest BCUT2D eigenvalue weighted by molar-refractivity contribution is 5.19. The Morgan fingerprint density at radius 2 is 2.06 bits per heavy atom. The van der Waals surface area contributed by atoms with Gasteiger partial charge < -0.3 is 5.11 Å². The van der Waals surface area contributed by atoms with Gasteiger partial charge in [0.15, 0.2) is 0 Å². The molecule has 2 rings (SSSR count). The van der Waals surface area contributed by atoms with E-state index in [0.29, 0.717) is 17.9 Å². The van der Waals surface area contributed by atoms with Crippen LogP contribution in [0.5, 0.6) is 0 Å². The molecule has 1 fully saturated rings. The Morgan fingerprint density at radius 3 is 2.78 bits per heavy atom. The van der Waals surface area contributed by atoms with Crippen LogP contribution in [-0.4, -0.2) is 11.2 Å². The first kappa shape index (κ1) is 13.5. The van der Waals surface area contributed by atoms with Gasteiger partial charge in [-0.1, -0.05) is 13.3 Å². The topological polar surface area (TPSA) is 20.2 Å². The van der Waals surface area contributed by atoms with Crippen molar-refractivity contribution in [1.82, 2.24) is 0 Å². The predicted molar refractivity (Wildman–Crippen MR) is 67.2 cm³/mol. The zero-order valence-electron chi connectivity index (χ0n) is 10.7. The fourth-order valence-corrected chi connectivity index (χ4v) is 2.92. The molecule has 18 heavy (non-hydrogen) atoms. The molecule has 3 unspecified atom stereocenters. The van der Waals surface area contributed by atoms with Gasteiger partial charge in [0.25, 0.3) is 0 Å². The first-order chi connectivity index (χ1) is 8.60. The maximum absolute atomic E-state index is 13.6. The van der Waals surface area contributed by atoms with Crippen LogP contribution in [-0.2, 0) is 6.42 Å². The zero-order valence-corrected chi connectivity index (χ0v) is 10.7. The molecule has 0 radical (unpaired) electrons. The average molecular weight is 254 g/mol. The lowest BCUT2D eigenvalue weighted by atomic mass is 9.76. The minimum absolute atomic E-state index is 0.0556. The molecule has 0 amide bonds. The highest BCUT2D eigenvalue weighted by Gasteiger charge is 2.29. The molecule has 1 nitrogen and oxygen atoms in total. The van der Waals surface area contributed by atoms with E-state index in [1.807, 2.05) is 0 Å². The molecule has 1 aromatic rings. The maximum atomic E-state index is 13.6. The molecule has 3 heteroatoms. The van der Waals surface area contributed by atoms with Crippen molar-refractivity contribution in [3.63, 3.8) is 0 Å².